The van der Waals surface area contributed by atoms with Gasteiger partial charge in [0, 0.05) is 19.2 Å². The Morgan fingerprint density at radius 2 is 1.82 bits per heavy atom. The van der Waals surface area contributed by atoms with Crippen LogP contribution in [0.25, 0.3) is 0 Å². The van der Waals surface area contributed by atoms with Crippen LogP contribution >= 0.6 is 0 Å². The van der Waals surface area contributed by atoms with Crippen LogP contribution in [0, 0.1) is 5.92 Å². The van der Waals surface area contributed by atoms with Crippen LogP contribution in [-0.2, 0) is 16.0 Å². The Bertz CT molecular complexity index is 490. The first kappa shape index (κ1) is 16.5. The molecule has 4 heteroatoms. The molecule has 2 rings (SSSR count). The van der Waals surface area contributed by atoms with Crippen LogP contribution in [0.3, 0.4) is 0 Å². The molecule has 0 unspecified atom stereocenters. The van der Waals surface area contributed by atoms with Crippen LogP contribution in [0.4, 0.5) is 5.69 Å². The van der Waals surface area contributed by atoms with Crippen molar-refractivity contribution >= 4 is 17.5 Å². The average molecular weight is 302 g/mol. The molecule has 1 aromatic rings. The summed E-state index contributed by atoms with van der Waals surface area (Å²) in [7, 11) is 0. The number of benzene rings is 1. The van der Waals surface area contributed by atoms with E-state index in [1.807, 2.05) is 24.3 Å². The minimum atomic E-state index is -0.0900. The van der Waals surface area contributed by atoms with E-state index in [9.17, 15) is 9.59 Å². The third-order valence-electron chi connectivity index (χ3n) is 4.23. The summed E-state index contributed by atoms with van der Waals surface area (Å²) in [6.45, 7) is 2.26. The van der Waals surface area contributed by atoms with Gasteiger partial charge in [0.05, 0.1) is 6.42 Å². The van der Waals surface area contributed by atoms with Crippen LogP contribution in [-0.4, -0.2) is 18.4 Å². The van der Waals surface area contributed by atoms with E-state index in [2.05, 4.69) is 10.6 Å². The molecule has 0 bridgehead atoms. The molecule has 1 saturated carbocycles. The fourth-order valence-corrected chi connectivity index (χ4v) is 3.07. The van der Waals surface area contributed by atoms with E-state index >= 15 is 0 Å². The van der Waals surface area contributed by atoms with Crippen LogP contribution in [0.1, 0.15) is 51.0 Å². The van der Waals surface area contributed by atoms with E-state index in [-0.39, 0.29) is 11.8 Å². The molecule has 0 aliphatic heterocycles. The second-order valence-corrected chi connectivity index (χ2v) is 6.20. The van der Waals surface area contributed by atoms with Gasteiger partial charge in [-0.25, -0.2) is 0 Å². The molecule has 1 aliphatic rings. The summed E-state index contributed by atoms with van der Waals surface area (Å²) in [4.78, 5) is 22.8. The van der Waals surface area contributed by atoms with Gasteiger partial charge in [0.15, 0.2) is 0 Å². The van der Waals surface area contributed by atoms with E-state index in [4.69, 9.17) is 0 Å². The van der Waals surface area contributed by atoms with Gasteiger partial charge in [-0.3, -0.25) is 9.59 Å². The van der Waals surface area contributed by atoms with Crippen LogP contribution < -0.4 is 10.6 Å². The highest BCUT2D eigenvalue weighted by atomic mass is 16.2. The number of anilines is 1. The number of carbonyl (C=O) groups is 2. The SMILES string of the molecule is CC(=O)Nc1ccc(CC(=O)NCCCC2CCCC2)cc1. The molecular formula is C18H26N2O2. The van der Waals surface area contributed by atoms with Gasteiger partial charge in [-0.2, -0.15) is 0 Å². The van der Waals surface area contributed by atoms with E-state index in [1.54, 1.807) is 0 Å². The van der Waals surface area contributed by atoms with Crippen molar-refractivity contribution in [2.24, 2.45) is 5.92 Å². The standard InChI is InChI=1S/C18H26N2O2/c1-14(21)20-17-10-8-16(9-11-17)13-18(22)19-12-4-7-15-5-2-3-6-15/h8-11,15H,2-7,12-13H2,1H3,(H,19,22)(H,20,21). The molecule has 0 spiro atoms. The van der Waals surface area contributed by atoms with Crippen molar-refractivity contribution in [1.82, 2.24) is 5.32 Å². The van der Waals surface area contributed by atoms with Crippen molar-refractivity contribution in [1.29, 1.82) is 0 Å². The Morgan fingerprint density at radius 3 is 2.45 bits per heavy atom. The second kappa shape index (κ2) is 8.57. The number of hydrogen-bond acceptors (Lipinski definition) is 2. The third-order valence-corrected chi connectivity index (χ3v) is 4.23. The van der Waals surface area contributed by atoms with Crippen molar-refractivity contribution < 1.29 is 9.59 Å². The summed E-state index contributed by atoms with van der Waals surface area (Å²) in [6, 6.07) is 7.40. The zero-order valence-electron chi connectivity index (χ0n) is 13.4. The molecule has 0 saturated heterocycles. The van der Waals surface area contributed by atoms with Gasteiger partial charge in [0.1, 0.15) is 0 Å². The van der Waals surface area contributed by atoms with Crippen LogP contribution in [0.2, 0.25) is 0 Å². The Balaban J connectivity index is 1.64. The predicted molar refractivity (Wildman–Crippen MR) is 88.7 cm³/mol. The Kier molecular flexibility index (Phi) is 6.44. The molecule has 0 aromatic heterocycles. The number of nitrogens with one attached hydrogen (secondary N) is 2. The number of rotatable bonds is 7. The van der Waals surface area contributed by atoms with Crippen molar-refractivity contribution in [2.45, 2.75) is 51.9 Å². The number of amides is 2. The quantitative estimate of drug-likeness (QED) is 0.759. The maximum Gasteiger partial charge on any atom is 0.224 e. The fourth-order valence-electron chi connectivity index (χ4n) is 3.07. The van der Waals surface area contributed by atoms with Gasteiger partial charge in [0.25, 0.3) is 0 Å². The predicted octanol–water partition coefficient (Wildman–Crippen LogP) is 3.27. The average Bonchev–Trinajstić information content (AvgIpc) is 2.98. The Labute approximate surface area is 132 Å². The molecule has 0 atom stereocenters. The minimum absolute atomic E-state index is 0.0682. The zero-order valence-corrected chi connectivity index (χ0v) is 13.4. The van der Waals surface area contributed by atoms with Crippen molar-refractivity contribution in [3.05, 3.63) is 29.8 Å². The van der Waals surface area contributed by atoms with Gasteiger partial charge in [-0.1, -0.05) is 37.8 Å². The molecule has 1 aliphatic carbocycles. The van der Waals surface area contributed by atoms with Gasteiger partial charge >= 0.3 is 0 Å². The second-order valence-electron chi connectivity index (χ2n) is 6.20. The molecule has 4 nitrogen and oxygen atoms in total. The van der Waals surface area contributed by atoms with Gasteiger partial charge in [0.2, 0.25) is 11.8 Å². The monoisotopic (exact) mass is 302 g/mol. The molecule has 120 valence electrons. The minimum Gasteiger partial charge on any atom is -0.356 e. The topological polar surface area (TPSA) is 58.2 Å². The lowest BCUT2D eigenvalue weighted by molar-refractivity contribution is -0.120. The maximum atomic E-state index is 11.9. The lowest BCUT2D eigenvalue weighted by Gasteiger charge is -2.09. The third kappa shape index (κ3) is 5.88. The lowest BCUT2D eigenvalue weighted by Crippen LogP contribution is -2.26. The van der Waals surface area contributed by atoms with Gasteiger partial charge < -0.3 is 10.6 Å². The smallest absolute Gasteiger partial charge is 0.224 e. The molecule has 1 aromatic carbocycles. The Hall–Kier alpha value is -1.84. The molecule has 2 N–H and O–H groups in total. The van der Waals surface area contributed by atoms with Crippen molar-refractivity contribution in [2.75, 3.05) is 11.9 Å². The number of carbonyl (C=O) groups excluding carboxylic acids is 2. The van der Waals surface area contributed by atoms with E-state index in [1.165, 1.54) is 39.0 Å². The summed E-state index contributed by atoms with van der Waals surface area (Å²) >= 11 is 0. The Morgan fingerprint density at radius 1 is 1.14 bits per heavy atom. The largest absolute Gasteiger partial charge is 0.356 e. The number of hydrogen-bond donors (Lipinski definition) is 2. The molecule has 0 heterocycles. The van der Waals surface area contributed by atoms with E-state index in [0.29, 0.717) is 6.42 Å². The lowest BCUT2D eigenvalue weighted by atomic mass is 10.0. The summed E-state index contributed by atoms with van der Waals surface area (Å²) in [6.07, 6.45) is 8.22. The highest BCUT2D eigenvalue weighted by molar-refractivity contribution is 5.88. The molecule has 0 radical (unpaired) electrons. The molecular weight excluding hydrogens is 276 g/mol. The van der Waals surface area contributed by atoms with Gasteiger partial charge in [-0.05, 0) is 36.5 Å². The van der Waals surface area contributed by atoms with Crippen molar-refractivity contribution in [3.8, 4) is 0 Å². The molecule has 1 fully saturated rings. The zero-order chi connectivity index (χ0) is 15.8. The molecule has 2 amide bonds. The van der Waals surface area contributed by atoms with Crippen molar-refractivity contribution in [3.63, 3.8) is 0 Å². The first-order valence-electron chi connectivity index (χ1n) is 8.27. The first-order chi connectivity index (χ1) is 10.6. The van der Waals surface area contributed by atoms with E-state index in [0.717, 1.165) is 30.1 Å². The maximum absolute atomic E-state index is 11.9. The summed E-state index contributed by atoms with van der Waals surface area (Å²) < 4.78 is 0. The van der Waals surface area contributed by atoms with E-state index < -0.39 is 0 Å². The van der Waals surface area contributed by atoms with Crippen LogP contribution in [0.5, 0.6) is 0 Å². The first-order valence-corrected chi connectivity index (χ1v) is 8.27. The fraction of sp³-hybridized carbons (Fsp3) is 0.556. The summed E-state index contributed by atoms with van der Waals surface area (Å²) in [5, 5.41) is 5.71. The highest BCUT2D eigenvalue weighted by Crippen LogP contribution is 2.28. The van der Waals surface area contributed by atoms with Gasteiger partial charge in [-0.15, -0.1) is 0 Å². The summed E-state index contributed by atoms with van der Waals surface area (Å²) in [5.74, 6) is 0.865. The normalized spacial score (nSPS) is 14.8. The summed E-state index contributed by atoms with van der Waals surface area (Å²) in [5.41, 5.74) is 1.72. The highest BCUT2D eigenvalue weighted by Gasteiger charge is 2.14. The van der Waals surface area contributed by atoms with Crippen LogP contribution in [0.15, 0.2) is 24.3 Å². The molecule has 22 heavy (non-hydrogen) atoms.